The zero-order valence-corrected chi connectivity index (χ0v) is 13.7. The van der Waals surface area contributed by atoms with Gasteiger partial charge in [-0.05, 0) is 68.6 Å². The van der Waals surface area contributed by atoms with E-state index < -0.39 is 0 Å². The molecule has 2 rings (SSSR count). The third-order valence-electron chi connectivity index (χ3n) is 5.79. The average Bonchev–Trinajstić information content (AvgIpc) is 2.52. The van der Waals surface area contributed by atoms with E-state index in [0.29, 0.717) is 0 Å². The van der Waals surface area contributed by atoms with Crippen molar-refractivity contribution in [2.24, 2.45) is 23.7 Å². The summed E-state index contributed by atoms with van der Waals surface area (Å²) in [5, 5.41) is 0. The predicted molar refractivity (Wildman–Crippen MR) is 86.6 cm³/mol. The summed E-state index contributed by atoms with van der Waals surface area (Å²) in [7, 11) is 0. The minimum atomic E-state index is 0.819. The second kappa shape index (κ2) is 8.74. The molecule has 0 unspecified atom stereocenters. The van der Waals surface area contributed by atoms with Crippen molar-refractivity contribution >= 4 is 0 Å². The van der Waals surface area contributed by atoms with Gasteiger partial charge in [0.1, 0.15) is 0 Å². The fourth-order valence-electron chi connectivity index (χ4n) is 4.25. The molecule has 0 aromatic rings. The van der Waals surface area contributed by atoms with Crippen molar-refractivity contribution in [2.75, 3.05) is 6.61 Å². The zero-order chi connectivity index (χ0) is 14.2. The molecule has 20 heavy (non-hydrogen) atoms. The van der Waals surface area contributed by atoms with Gasteiger partial charge in [0.2, 0.25) is 0 Å². The van der Waals surface area contributed by atoms with Crippen LogP contribution in [0.15, 0.2) is 12.3 Å². The Morgan fingerprint density at radius 3 is 1.85 bits per heavy atom. The molecule has 116 valence electrons. The summed E-state index contributed by atoms with van der Waals surface area (Å²) >= 11 is 0. The summed E-state index contributed by atoms with van der Waals surface area (Å²) in [6.07, 6.45) is 18.3. The number of hydrogen-bond donors (Lipinski definition) is 0. The first-order chi connectivity index (χ1) is 9.83. The van der Waals surface area contributed by atoms with Gasteiger partial charge in [-0.15, -0.1) is 0 Å². The van der Waals surface area contributed by atoms with Gasteiger partial charge in [-0.1, -0.05) is 39.2 Å². The van der Waals surface area contributed by atoms with Crippen LogP contribution in [0.1, 0.15) is 78.1 Å². The minimum Gasteiger partial charge on any atom is -0.501 e. The maximum absolute atomic E-state index is 5.64. The van der Waals surface area contributed by atoms with Crippen LogP contribution in [0.4, 0.5) is 0 Å². The molecule has 0 aromatic heterocycles. The molecule has 0 amide bonds. The highest BCUT2D eigenvalue weighted by atomic mass is 16.5. The van der Waals surface area contributed by atoms with E-state index in [-0.39, 0.29) is 0 Å². The maximum Gasteiger partial charge on any atom is 0.0901 e. The molecule has 2 aliphatic carbocycles. The van der Waals surface area contributed by atoms with Crippen molar-refractivity contribution < 1.29 is 4.74 Å². The molecule has 0 bridgehead atoms. The lowest BCUT2D eigenvalue weighted by molar-refractivity contribution is 0.109. The van der Waals surface area contributed by atoms with Crippen molar-refractivity contribution in [2.45, 2.75) is 78.1 Å². The highest BCUT2D eigenvalue weighted by Gasteiger charge is 2.30. The Hall–Kier alpha value is -0.460. The van der Waals surface area contributed by atoms with E-state index in [1.807, 2.05) is 6.26 Å². The molecule has 2 fully saturated rings. The Morgan fingerprint density at radius 2 is 1.35 bits per heavy atom. The molecule has 0 heterocycles. The van der Waals surface area contributed by atoms with Crippen LogP contribution in [-0.4, -0.2) is 6.61 Å². The maximum atomic E-state index is 5.64. The molecule has 1 nitrogen and oxygen atoms in total. The van der Waals surface area contributed by atoms with Gasteiger partial charge < -0.3 is 4.74 Å². The molecular formula is C19H34O. The minimum absolute atomic E-state index is 0.819. The quantitative estimate of drug-likeness (QED) is 0.545. The van der Waals surface area contributed by atoms with Gasteiger partial charge in [-0.25, -0.2) is 0 Å². The highest BCUT2D eigenvalue weighted by Crippen LogP contribution is 2.41. The monoisotopic (exact) mass is 278 g/mol. The lowest BCUT2D eigenvalue weighted by atomic mass is 9.69. The lowest BCUT2D eigenvalue weighted by Gasteiger charge is -2.37. The topological polar surface area (TPSA) is 9.23 Å². The summed E-state index contributed by atoms with van der Waals surface area (Å²) in [5.41, 5.74) is 0. The first kappa shape index (κ1) is 15.9. The van der Waals surface area contributed by atoms with Gasteiger partial charge in [0.05, 0.1) is 12.9 Å². The second-order valence-corrected chi connectivity index (χ2v) is 7.08. The molecule has 0 N–H and O–H groups in total. The Kier molecular flexibility index (Phi) is 6.96. The summed E-state index contributed by atoms with van der Waals surface area (Å²) in [5.74, 6) is 3.95. The SMILES string of the molecule is CCC=COCC1CCC(C2CCC(CC)CC2)CC1. The smallest absolute Gasteiger partial charge is 0.0901 e. The van der Waals surface area contributed by atoms with Crippen molar-refractivity contribution in [1.82, 2.24) is 0 Å². The molecular weight excluding hydrogens is 244 g/mol. The molecule has 1 heteroatoms. The fourth-order valence-corrected chi connectivity index (χ4v) is 4.25. The summed E-state index contributed by atoms with van der Waals surface area (Å²) in [6, 6.07) is 0. The van der Waals surface area contributed by atoms with Crippen LogP contribution in [0.3, 0.4) is 0 Å². The predicted octanol–water partition coefficient (Wildman–Crippen LogP) is 5.95. The molecule has 0 spiro atoms. The van der Waals surface area contributed by atoms with Crippen LogP contribution >= 0.6 is 0 Å². The van der Waals surface area contributed by atoms with Gasteiger partial charge in [0.25, 0.3) is 0 Å². The van der Waals surface area contributed by atoms with Crippen LogP contribution in [0.5, 0.6) is 0 Å². The van der Waals surface area contributed by atoms with E-state index in [2.05, 4.69) is 19.9 Å². The van der Waals surface area contributed by atoms with Gasteiger partial charge >= 0.3 is 0 Å². The van der Waals surface area contributed by atoms with Crippen molar-refractivity contribution in [1.29, 1.82) is 0 Å². The van der Waals surface area contributed by atoms with E-state index in [1.54, 1.807) is 0 Å². The lowest BCUT2D eigenvalue weighted by Crippen LogP contribution is -2.26. The Labute approximate surface area is 126 Å². The summed E-state index contributed by atoms with van der Waals surface area (Å²) < 4.78 is 5.64. The third-order valence-corrected chi connectivity index (χ3v) is 5.79. The van der Waals surface area contributed by atoms with E-state index in [0.717, 1.165) is 36.7 Å². The molecule has 2 aliphatic rings. The van der Waals surface area contributed by atoms with Crippen LogP contribution in [0, 0.1) is 23.7 Å². The Morgan fingerprint density at radius 1 is 0.800 bits per heavy atom. The molecule has 0 aliphatic heterocycles. The highest BCUT2D eigenvalue weighted by molar-refractivity contribution is 4.82. The van der Waals surface area contributed by atoms with Gasteiger partial charge in [-0.2, -0.15) is 0 Å². The van der Waals surface area contributed by atoms with E-state index in [1.165, 1.54) is 57.8 Å². The van der Waals surface area contributed by atoms with Crippen molar-refractivity contribution in [3.05, 3.63) is 12.3 Å². The van der Waals surface area contributed by atoms with E-state index in [9.17, 15) is 0 Å². The largest absolute Gasteiger partial charge is 0.501 e. The standard InChI is InChI=1S/C19H34O/c1-3-5-14-20-15-17-8-12-19(13-9-17)18-10-6-16(4-2)7-11-18/h5,14,16-19H,3-4,6-13,15H2,1-2H3. The van der Waals surface area contributed by atoms with Crippen LogP contribution in [0.25, 0.3) is 0 Å². The van der Waals surface area contributed by atoms with Gasteiger partial charge in [0.15, 0.2) is 0 Å². The van der Waals surface area contributed by atoms with Crippen LogP contribution in [0.2, 0.25) is 0 Å². The van der Waals surface area contributed by atoms with Gasteiger partial charge in [0, 0.05) is 0 Å². The Balaban J connectivity index is 1.63. The van der Waals surface area contributed by atoms with E-state index >= 15 is 0 Å². The fraction of sp³-hybridized carbons (Fsp3) is 0.895. The number of hydrogen-bond acceptors (Lipinski definition) is 1. The van der Waals surface area contributed by atoms with E-state index in [4.69, 9.17) is 4.74 Å². The summed E-state index contributed by atoms with van der Waals surface area (Å²) in [6.45, 7) is 5.47. The zero-order valence-electron chi connectivity index (χ0n) is 13.7. The first-order valence-electron chi connectivity index (χ1n) is 9.10. The molecule has 0 atom stereocenters. The molecule has 2 saturated carbocycles. The van der Waals surface area contributed by atoms with Crippen molar-refractivity contribution in [3.8, 4) is 0 Å². The Bertz CT molecular complexity index is 267. The van der Waals surface area contributed by atoms with Crippen LogP contribution < -0.4 is 0 Å². The molecule has 0 aromatic carbocycles. The number of ether oxygens (including phenoxy) is 1. The molecule has 0 radical (unpaired) electrons. The molecule has 0 saturated heterocycles. The third kappa shape index (κ3) is 4.82. The number of allylic oxidation sites excluding steroid dienone is 1. The van der Waals surface area contributed by atoms with Gasteiger partial charge in [-0.3, -0.25) is 0 Å². The van der Waals surface area contributed by atoms with Crippen molar-refractivity contribution in [3.63, 3.8) is 0 Å². The van der Waals surface area contributed by atoms with Crippen LogP contribution in [-0.2, 0) is 4.74 Å². The summed E-state index contributed by atoms with van der Waals surface area (Å²) in [4.78, 5) is 0. The first-order valence-corrected chi connectivity index (χ1v) is 9.10. The normalized spacial score (nSPS) is 35.3. The average molecular weight is 278 g/mol. The number of rotatable bonds is 6. The second-order valence-electron chi connectivity index (χ2n) is 7.08.